The molecule has 5 nitrogen and oxygen atoms in total. The van der Waals surface area contributed by atoms with E-state index in [-0.39, 0.29) is 6.61 Å². The molecule has 1 heterocycles. The molecule has 0 spiro atoms. The molecule has 0 aromatic carbocycles. The molecule has 1 amide bonds. The van der Waals surface area contributed by atoms with Crippen LogP contribution >= 0.6 is 11.3 Å². The number of ether oxygens (including phenoxy) is 1. The average Bonchev–Trinajstić information content (AvgIpc) is 3.20. The highest BCUT2D eigenvalue weighted by atomic mass is 32.1. The Morgan fingerprint density at radius 1 is 1.38 bits per heavy atom. The van der Waals surface area contributed by atoms with Crippen LogP contribution in [0.4, 0.5) is 0 Å². The van der Waals surface area contributed by atoms with E-state index in [1.165, 1.54) is 21.8 Å². The Balaban J connectivity index is 1.91. The number of carbonyl (C=O) groups is 2. The number of esters is 1. The molecule has 130 valence electrons. The second kappa shape index (κ2) is 8.29. The van der Waals surface area contributed by atoms with Crippen LogP contribution in [-0.4, -0.2) is 24.0 Å². The first-order valence-corrected chi connectivity index (χ1v) is 9.36. The van der Waals surface area contributed by atoms with Gasteiger partial charge in [-0.25, -0.2) is 4.79 Å². The minimum Gasteiger partial charge on any atom is -0.451 e. The van der Waals surface area contributed by atoms with Crippen molar-refractivity contribution >= 4 is 23.2 Å². The third-order valence-electron chi connectivity index (χ3n) is 4.34. The van der Waals surface area contributed by atoms with Crippen LogP contribution in [0.3, 0.4) is 0 Å². The Labute approximate surface area is 147 Å². The van der Waals surface area contributed by atoms with Crippen molar-refractivity contribution < 1.29 is 14.3 Å². The first kappa shape index (κ1) is 18.5. The van der Waals surface area contributed by atoms with Gasteiger partial charge in [0.15, 0.2) is 6.61 Å². The quantitative estimate of drug-likeness (QED) is 0.766. The molecule has 1 aromatic heterocycles. The SMILES string of the molecule is CCCc1sc(C(=O)OCC(=O)NC2(C#N)CCCC2)cc1CC. The minimum absolute atomic E-state index is 0.343. The van der Waals surface area contributed by atoms with Crippen molar-refractivity contribution in [3.05, 3.63) is 21.4 Å². The molecule has 1 N–H and O–H groups in total. The van der Waals surface area contributed by atoms with Crippen LogP contribution in [-0.2, 0) is 22.4 Å². The first-order valence-electron chi connectivity index (χ1n) is 8.54. The van der Waals surface area contributed by atoms with E-state index in [0.29, 0.717) is 17.7 Å². The van der Waals surface area contributed by atoms with Gasteiger partial charge in [-0.3, -0.25) is 4.79 Å². The minimum atomic E-state index is -0.782. The maximum Gasteiger partial charge on any atom is 0.348 e. The number of aryl methyl sites for hydroxylation is 2. The van der Waals surface area contributed by atoms with Gasteiger partial charge >= 0.3 is 5.97 Å². The lowest BCUT2D eigenvalue weighted by molar-refractivity contribution is -0.125. The molecule has 0 aliphatic heterocycles. The number of carbonyl (C=O) groups excluding carboxylic acids is 2. The van der Waals surface area contributed by atoms with E-state index in [1.807, 2.05) is 6.07 Å². The lowest BCUT2D eigenvalue weighted by atomic mass is 10.00. The van der Waals surface area contributed by atoms with Gasteiger partial charge in [-0.05, 0) is 50.2 Å². The molecule has 24 heavy (non-hydrogen) atoms. The molecule has 0 radical (unpaired) electrons. The zero-order valence-corrected chi connectivity index (χ0v) is 15.1. The van der Waals surface area contributed by atoms with Gasteiger partial charge in [-0.2, -0.15) is 5.26 Å². The molecule has 0 unspecified atom stereocenters. The van der Waals surface area contributed by atoms with Gasteiger partial charge in [0.2, 0.25) is 0 Å². The van der Waals surface area contributed by atoms with Crippen molar-refractivity contribution in [3.63, 3.8) is 0 Å². The number of thiophene rings is 1. The monoisotopic (exact) mass is 348 g/mol. The van der Waals surface area contributed by atoms with E-state index in [9.17, 15) is 14.9 Å². The average molecular weight is 348 g/mol. The summed E-state index contributed by atoms with van der Waals surface area (Å²) in [6, 6.07) is 4.05. The second-order valence-corrected chi connectivity index (χ2v) is 7.32. The summed E-state index contributed by atoms with van der Waals surface area (Å²) in [4.78, 5) is 25.9. The Morgan fingerprint density at radius 3 is 2.67 bits per heavy atom. The number of hydrogen-bond donors (Lipinski definition) is 1. The summed E-state index contributed by atoms with van der Waals surface area (Å²) in [7, 11) is 0. The molecule has 0 atom stereocenters. The summed E-state index contributed by atoms with van der Waals surface area (Å²) in [5.74, 6) is -0.877. The van der Waals surface area contributed by atoms with Crippen LogP contribution in [0.5, 0.6) is 0 Å². The molecular formula is C18H24N2O3S. The molecule has 1 saturated carbocycles. The lowest BCUT2D eigenvalue weighted by Crippen LogP contribution is -2.46. The Bertz CT molecular complexity index is 639. The topological polar surface area (TPSA) is 79.2 Å². The zero-order valence-electron chi connectivity index (χ0n) is 14.3. The van der Waals surface area contributed by atoms with Crippen LogP contribution in [0.15, 0.2) is 6.07 Å². The van der Waals surface area contributed by atoms with Crippen molar-refractivity contribution in [3.8, 4) is 6.07 Å². The summed E-state index contributed by atoms with van der Waals surface area (Å²) in [6.45, 7) is 3.83. The van der Waals surface area contributed by atoms with Crippen LogP contribution in [0.25, 0.3) is 0 Å². The van der Waals surface area contributed by atoms with Crippen LogP contribution in [0.1, 0.15) is 66.1 Å². The number of nitrogens with one attached hydrogen (secondary N) is 1. The van der Waals surface area contributed by atoms with E-state index in [2.05, 4.69) is 25.2 Å². The number of nitrogens with zero attached hydrogens (tertiary/aromatic N) is 1. The van der Waals surface area contributed by atoms with Crippen molar-refractivity contribution in [1.82, 2.24) is 5.32 Å². The van der Waals surface area contributed by atoms with Gasteiger partial charge in [0.05, 0.1) is 6.07 Å². The van der Waals surface area contributed by atoms with Crippen molar-refractivity contribution in [2.45, 2.75) is 64.3 Å². The second-order valence-electron chi connectivity index (χ2n) is 6.19. The molecule has 1 fully saturated rings. The van der Waals surface area contributed by atoms with Crippen molar-refractivity contribution in [2.24, 2.45) is 0 Å². The van der Waals surface area contributed by atoms with Gasteiger partial charge in [-0.1, -0.05) is 20.3 Å². The molecule has 6 heteroatoms. The fraction of sp³-hybridized carbons (Fsp3) is 0.611. The predicted octanol–water partition coefficient (Wildman–Crippen LogP) is 3.37. The Kier molecular flexibility index (Phi) is 6.38. The summed E-state index contributed by atoms with van der Waals surface area (Å²) >= 11 is 1.45. The standard InChI is InChI=1S/C18H24N2O3S/c1-3-7-14-13(4-2)10-15(24-14)17(22)23-11-16(21)20-18(12-19)8-5-6-9-18/h10H,3-9,11H2,1-2H3,(H,20,21). The van der Waals surface area contributed by atoms with Gasteiger partial charge < -0.3 is 10.1 Å². The third kappa shape index (κ3) is 4.35. The van der Waals surface area contributed by atoms with Crippen molar-refractivity contribution in [2.75, 3.05) is 6.61 Å². The zero-order chi connectivity index (χ0) is 17.6. The smallest absolute Gasteiger partial charge is 0.348 e. The summed E-state index contributed by atoms with van der Waals surface area (Å²) < 4.78 is 5.13. The first-order chi connectivity index (χ1) is 11.5. The molecule has 1 aromatic rings. The van der Waals surface area contributed by atoms with Gasteiger partial charge in [0.1, 0.15) is 10.4 Å². The number of amides is 1. The van der Waals surface area contributed by atoms with Gasteiger partial charge in [0.25, 0.3) is 5.91 Å². The molecule has 0 bridgehead atoms. The van der Waals surface area contributed by atoms with E-state index >= 15 is 0 Å². The Morgan fingerprint density at radius 2 is 2.08 bits per heavy atom. The van der Waals surface area contributed by atoms with E-state index in [1.54, 1.807) is 0 Å². The summed E-state index contributed by atoms with van der Waals surface area (Å²) in [6.07, 6.45) is 6.05. The normalized spacial score (nSPS) is 15.7. The summed E-state index contributed by atoms with van der Waals surface area (Å²) in [5, 5.41) is 12.0. The molecule has 2 rings (SSSR count). The fourth-order valence-corrected chi connectivity index (χ4v) is 4.30. The molecular weight excluding hydrogens is 324 g/mol. The largest absolute Gasteiger partial charge is 0.451 e. The third-order valence-corrected chi connectivity index (χ3v) is 5.56. The highest BCUT2D eigenvalue weighted by molar-refractivity contribution is 7.14. The van der Waals surface area contributed by atoms with E-state index < -0.39 is 17.4 Å². The highest BCUT2D eigenvalue weighted by Gasteiger charge is 2.35. The number of rotatable bonds is 7. The lowest BCUT2D eigenvalue weighted by Gasteiger charge is -2.21. The van der Waals surface area contributed by atoms with Gasteiger partial charge in [0, 0.05) is 4.88 Å². The summed E-state index contributed by atoms with van der Waals surface area (Å²) in [5.41, 5.74) is 0.392. The fourth-order valence-electron chi connectivity index (χ4n) is 3.05. The Hall–Kier alpha value is -1.87. The van der Waals surface area contributed by atoms with Gasteiger partial charge in [-0.15, -0.1) is 11.3 Å². The van der Waals surface area contributed by atoms with Crippen LogP contribution in [0, 0.1) is 11.3 Å². The highest BCUT2D eigenvalue weighted by Crippen LogP contribution is 2.29. The predicted molar refractivity (Wildman–Crippen MR) is 92.9 cm³/mol. The van der Waals surface area contributed by atoms with E-state index in [4.69, 9.17) is 4.74 Å². The number of nitriles is 1. The molecule has 0 saturated heterocycles. The maximum atomic E-state index is 12.2. The van der Waals surface area contributed by atoms with E-state index in [0.717, 1.165) is 32.1 Å². The number of hydrogen-bond acceptors (Lipinski definition) is 5. The van der Waals surface area contributed by atoms with Crippen LogP contribution in [0.2, 0.25) is 0 Å². The van der Waals surface area contributed by atoms with Crippen LogP contribution < -0.4 is 5.32 Å². The van der Waals surface area contributed by atoms with Crippen molar-refractivity contribution in [1.29, 1.82) is 5.26 Å². The molecule has 1 aliphatic carbocycles. The molecule has 1 aliphatic rings. The maximum absolute atomic E-state index is 12.2.